The van der Waals surface area contributed by atoms with Crippen LogP contribution in [0, 0.1) is 0 Å². The molecule has 1 atom stereocenters. The molecule has 2 rings (SSSR count). The zero-order chi connectivity index (χ0) is 16.5. The van der Waals surface area contributed by atoms with Crippen LogP contribution in [0.2, 0.25) is 0 Å². The topological polar surface area (TPSA) is 70.1 Å². The zero-order valence-electron chi connectivity index (χ0n) is 13.1. The lowest BCUT2D eigenvalue weighted by Crippen LogP contribution is -2.03. The first kappa shape index (κ1) is 16.7. The number of esters is 1. The normalized spacial score (nSPS) is 12.8. The van der Waals surface area contributed by atoms with Crippen LogP contribution >= 0.6 is 0 Å². The molecule has 0 radical (unpaired) electrons. The highest BCUT2D eigenvalue weighted by Gasteiger charge is 2.05. The Morgan fingerprint density at radius 2 is 2.13 bits per heavy atom. The van der Waals surface area contributed by atoms with Crippen LogP contribution in [0.15, 0.2) is 61.2 Å². The summed E-state index contributed by atoms with van der Waals surface area (Å²) in [6.45, 7) is 2.69. The highest BCUT2D eigenvalue weighted by atomic mass is 16.5. The molecule has 2 N–H and O–H groups in total. The van der Waals surface area contributed by atoms with Crippen LogP contribution in [0.4, 0.5) is 0 Å². The van der Waals surface area contributed by atoms with Crippen molar-refractivity contribution in [3.8, 4) is 0 Å². The minimum atomic E-state index is -0.385. The third-order valence-corrected chi connectivity index (χ3v) is 3.41. The Hall–Kier alpha value is -2.66. The molecule has 1 heterocycles. The lowest BCUT2D eigenvalue weighted by Gasteiger charge is -2.13. The predicted molar refractivity (Wildman–Crippen MR) is 90.7 cm³/mol. The first-order valence-electron chi connectivity index (χ1n) is 7.48. The maximum absolute atomic E-state index is 11.2. The number of aromatic nitrogens is 2. The second-order valence-electron chi connectivity index (χ2n) is 5.02. The minimum absolute atomic E-state index is 0.237. The molecule has 0 spiro atoms. The molecule has 0 saturated carbocycles. The Balaban J connectivity index is 1.86. The van der Waals surface area contributed by atoms with E-state index in [1.165, 1.54) is 11.6 Å². The Bertz CT molecular complexity index is 658. The van der Waals surface area contributed by atoms with Crippen molar-refractivity contribution < 1.29 is 9.53 Å². The molecule has 120 valence electrons. The van der Waals surface area contributed by atoms with Gasteiger partial charge in [-0.2, -0.15) is 0 Å². The molecule has 0 aliphatic carbocycles. The minimum Gasteiger partial charge on any atom is -0.458 e. The van der Waals surface area contributed by atoms with Crippen molar-refractivity contribution >= 4 is 12.0 Å². The van der Waals surface area contributed by atoms with Crippen LogP contribution in [-0.4, -0.2) is 28.7 Å². The Morgan fingerprint density at radius 1 is 1.35 bits per heavy atom. The van der Waals surface area contributed by atoms with Crippen LogP contribution in [0.5, 0.6) is 0 Å². The zero-order valence-corrected chi connectivity index (χ0v) is 13.1. The van der Waals surface area contributed by atoms with Gasteiger partial charge in [0.15, 0.2) is 0 Å². The standard InChI is InChI=1S/C18H21N3O2/c1-15(21-12-11-20-14-21)17-8-6-16(7-9-17)4-3-13-23-18(22)5-2-10-19/h2-9,11-12,14-15H,10,13,19H2,1H3. The molecule has 5 heteroatoms. The number of hydrogen-bond acceptors (Lipinski definition) is 4. The summed E-state index contributed by atoms with van der Waals surface area (Å²) in [6, 6.07) is 8.48. The smallest absolute Gasteiger partial charge is 0.330 e. The van der Waals surface area contributed by atoms with Gasteiger partial charge in [-0.1, -0.05) is 36.4 Å². The van der Waals surface area contributed by atoms with E-state index in [1.54, 1.807) is 12.3 Å². The molecule has 1 unspecified atom stereocenters. The van der Waals surface area contributed by atoms with Gasteiger partial charge in [0.05, 0.1) is 12.4 Å². The van der Waals surface area contributed by atoms with Crippen LogP contribution in [0.25, 0.3) is 6.08 Å². The summed E-state index contributed by atoms with van der Waals surface area (Å²) in [5, 5.41) is 0. The van der Waals surface area contributed by atoms with Gasteiger partial charge in [-0.25, -0.2) is 9.78 Å². The van der Waals surface area contributed by atoms with E-state index in [0.29, 0.717) is 6.54 Å². The van der Waals surface area contributed by atoms with Crippen molar-refractivity contribution in [1.82, 2.24) is 9.55 Å². The fourth-order valence-electron chi connectivity index (χ4n) is 2.08. The summed E-state index contributed by atoms with van der Waals surface area (Å²) in [7, 11) is 0. The number of carbonyl (C=O) groups is 1. The van der Waals surface area contributed by atoms with Crippen molar-refractivity contribution in [2.75, 3.05) is 13.2 Å². The average molecular weight is 311 g/mol. The molecule has 0 amide bonds. The van der Waals surface area contributed by atoms with E-state index in [4.69, 9.17) is 10.5 Å². The van der Waals surface area contributed by atoms with Crippen molar-refractivity contribution in [1.29, 1.82) is 0 Å². The Morgan fingerprint density at radius 3 is 2.78 bits per heavy atom. The summed E-state index contributed by atoms with van der Waals surface area (Å²) in [4.78, 5) is 15.3. The van der Waals surface area contributed by atoms with Crippen LogP contribution in [0.1, 0.15) is 24.1 Å². The molecule has 0 aliphatic heterocycles. The second kappa shape index (κ2) is 8.70. The van der Waals surface area contributed by atoms with E-state index in [1.807, 2.05) is 36.8 Å². The van der Waals surface area contributed by atoms with Gasteiger partial charge < -0.3 is 15.0 Å². The molecule has 0 aliphatic rings. The summed E-state index contributed by atoms with van der Waals surface area (Å²) in [5.74, 6) is -0.385. The first-order valence-corrected chi connectivity index (χ1v) is 7.48. The molecular formula is C18H21N3O2. The fourth-order valence-corrected chi connectivity index (χ4v) is 2.08. The summed E-state index contributed by atoms with van der Waals surface area (Å²) < 4.78 is 7.05. The largest absolute Gasteiger partial charge is 0.458 e. The number of carbonyl (C=O) groups excluding carboxylic acids is 1. The highest BCUT2D eigenvalue weighted by molar-refractivity contribution is 5.82. The van der Waals surface area contributed by atoms with Crippen LogP contribution in [0.3, 0.4) is 0 Å². The number of ether oxygens (including phenoxy) is 1. The van der Waals surface area contributed by atoms with Crippen molar-refractivity contribution in [2.24, 2.45) is 5.73 Å². The van der Waals surface area contributed by atoms with Gasteiger partial charge >= 0.3 is 5.97 Å². The lowest BCUT2D eigenvalue weighted by atomic mass is 10.1. The van der Waals surface area contributed by atoms with Gasteiger partial charge in [0.1, 0.15) is 6.61 Å². The van der Waals surface area contributed by atoms with E-state index in [9.17, 15) is 4.79 Å². The summed E-state index contributed by atoms with van der Waals surface area (Å²) >= 11 is 0. The van der Waals surface area contributed by atoms with E-state index in [2.05, 4.69) is 28.6 Å². The number of benzene rings is 1. The number of nitrogens with zero attached hydrogens (tertiary/aromatic N) is 2. The second-order valence-corrected chi connectivity index (χ2v) is 5.02. The molecule has 2 aromatic rings. The van der Waals surface area contributed by atoms with Crippen molar-refractivity contribution in [3.05, 3.63) is 72.3 Å². The van der Waals surface area contributed by atoms with Crippen molar-refractivity contribution in [3.63, 3.8) is 0 Å². The van der Waals surface area contributed by atoms with Gasteiger partial charge in [0.2, 0.25) is 0 Å². The van der Waals surface area contributed by atoms with Gasteiger partial charge in [-0.15, -0.1) is 0 Å². The average Bonchev–Trinajstić information content (AvgIpc) is 3.11. The summed E-state index contributed by atoms with van der Waals surface area (Å²) in [5.41, 5.74) is 7.52. The maximum Gasteiger partial charge on any atom is 0.330 e. The Labute approximate surface area is 136 Å². The molecular weight excluding hydrogens is 290 g/mol. The molecule has 1 aromatic carbocycles. The monoisotopic (exact) mass is 311 g/mol. The van der Waals surface area contributed by atoms with Gasteiger partial charge in [0, 0.05) is 25.0 Å². The maximum atomic E-state index is 11.2. The van der Waals surface area contributed by atoms with E-state index >= 15 is 0 Å². The lowest BCUT2D eigenvalue weighted by molar-refractivity contribution is -0.136. The fraction of sp³-hybridized carbons (Fsp3) is 0.222. The first-order chi connectivity index (χ1) is 11.2. The Kier molecular flexibility index (Phi) is 6.32. The van der Waals surface area contributed by atoms with Crippen LogP contribution in [-0.2, 0) is 9.53 Å². The predicted octanol–water partition coefficient (Wildman–Crippen LogP) is 2.56. The molecule has 5 nitrogen and oxygen atoms in total. The third-order valence-electron chi connectivity index (χ3n) is 3.41. The molecule has 0 bridgehead atoms. The molecule has 0 fully saturated rings. The van der Waals surface area contributed by atoms with E-state index in [0.717, 1.165) is 5.56 Å². The third kappa shape index (κ3) is 5.23. The van der Waals surface area contributed by atoms with Gasteiger partial charge in [0.25, 0.3) is 0 Å². The SMILES string of the molecule is CC(c1ccc(C=CCOC(=O)C=CCN)cc1)n1ccnc1. The molecule has 0 saturated heterocycles. The van der Waals surface area contributed by atoms with E-state index < -0.39 is 0 Å². The molecule has 23 heavy (non-hydrogen) atoms. The van der Waals surface area contributed by atoms with Crippen molar-refractivity contribution in [2.45, 2.75) is 13.0 Å². The highest BCUT2D eigenvalue weighted by Crippen LogP contribution is 2.18. The number of rotatable bonds is 7. The number of hydrogen-bond donors (Lipinski definition) is 1. The quantitative estimate of drug-likeness (QED) is 0.630. The van der Waals surface area contributed by atoms with Crippen LogP contribution < -0.4 is 5.73 Å². The molecule has 1 aromatic heterocycles. The van der Waals surface area contributed by atoms with Gasteiger partial charge in [-0.3, -0.25) is 0 Å². The summed E-state index contributed by atoms with van der Waals surface area (Å²) in [6.07, 6.45) is 12.2. The van der Waals surface area contributed by atoms with Gasteiger partial charge in [-0.05, 0) is 24.1 Å². The number of nitrogens with two attached hydrogens (primary N) is 1. The van der Waals surface area contributed by atoms with E-state index in [-0.39, 0.29) is 18.6 Å². The number of imidazole rings is 1.